The molecule has 2 aromatic carbocycles. The molecule has 0 aliphatic carbocycles. The normalized spacial score (nSPS) is 11.2. The van der Waals surface area contributed by atoms with Gasteiger partial charge >= 0.3 is 163 Å². The monoisotopic (exact) mass is 492 g/mol. The van der Waals surface area contributed by atoms with E-state index in [2.05, 4.69) is 91.8 Å². The Morgan fingerprint density at radius 3 is 1.15 bits per heavy atom. The van der Waals surface area contributed by atoms with Gasteiger partial charge in [-0.3, -0.25) is 0 Å². The summed E-state index contributed by atoms with van der Waals surface area (Å²) in [5, 5.41) is 19.1. The topological polar surface area (TPSA) is 64.6 Å². The van der Waals surface area contributed by atoms with Crippen molar-refractivity contribution in [3.63, 3.8) is 0 Å². The average Bonchev–Trinajstić information content (AvgIpc) is 2.61. The molecule has 0 fully saturated rings. The van der Waals surface area contributed by atoms with Gasteiger partial charge in [-0.2, -0.15) is 0 Å². The third kappa shape index (κ3) is 13.8. The molecule has 184 valence electrons. The van der Waals surface area contributed by atoms with Crippen molar-refractivity contribution in [1.82, 2.24) is 0 Å². The fraction of sp³-hybridized carbons (Fsp3) is 0.571. The predicted molar refractivity (Wildman–Crippen MR) is 131 cm³/mol. The second-order valence-electron chi connectivity index (χ2n) is 10.9. The molecule has 0 N–H and O–H groups in total. The summed E-state index contributed by atoms with van der Waals surface area (Å²) in [7, 11) is 0. The Kier molecular flexibility index (Phi) is 13.6. The Hall–Kier alpha value is -1.33. The summed E-state index contributed by atoms with van der Waals surface area (Å²) >= 11 is -1.03. The van der Waals surface area contributed by atoms with Crippen molar-refractivity contribution >= 4 is 0 Å². The molecule has 0 amide bonds. The van der Waals surface area contributed by atoms with Crippen LogP contribution in [-0.4, -0.2) is 12.2 Å². The Balaban J connectivity index is 0.00000111. The van der Waals surface area contributed by atoms with Gasteiger partial charge in [-0.1, -0.05) is 27.7 Å². The molecule has 0 heterocycles. The van der Waals surface area contributed by atoms with Gasteiger partial charge in [-0.25, -0.2) is 0 Å². The summed E-state index contributed by atoms with van der Waals surface area (Å²) in [6.45, 7) is 24.0. The number of hydrogen-bond acceptors (Lipinski definition) is 4. The minimum atomic E-state index is -1.03. The second kappa shape index (κ2) is 14.2. The van der Waals surface area contributed by atoms with Crippen molar-refractivity contribution < 1.29 is 36.8 Å². The molecule has 0 saturated heterocycles. The summed E-state index contributed by atoms with van der Waals surface area (Å²) < 4.78 is 12.2. The summed E-state index contributed by atoms with van der Waals surface area (Å²) in [6.07, 6.45) is -0.833. The first-order valence-electron chi connectivity index (χ1n) is 11.6. The average molecular weight is 493 g/mol. The van der Waals surface area contributed by atoms with Crippen LogP contribution < -0.4 is 16.8 Å². The number of aryl methyl sites for hydroxylation is 2. The number of benzene rings is 2. The molecule has 0 atom stereocenters. The third-order valence-corrected chi connectivity index (χ3v) is 5.14. The van der Waals surface area contributed by atoms with Crippen LogP contribution in [-0.2, 0) is 30.8 Å². The second-order valence-corrected chi connectivity index (χ2v) is 11.8. The van der Waals surface area contributed by atoms with Gasteiger partial charge in [0.25, 0.3) is 0 Å². The SMILES string of the molecule is CC(C)[O-].CC(C)[O-].Cc1ccc([O][Ti+2][O]c2ccc(C)cc2C(C)(C)C)c(C(C)(C)C)c1. The summed E-state index contributed by atoms with van der Waals surface area (Å²) in [5.74, 6) is 1.89. The van der Waals surface area contributed by atoms with Gasteiger partial charge in [0.2, 0.25) is 0 Å². The van der Waals surface area contributed by atoms with Gasteiger partial charge in [0, 0.05) is 0 Å². The molecule has 5 heteroatoms. The number of hydrogen-bond donors (Lipinski definition) is 0. The van der Waals surface area contributed by atoms with Crippen LogP contribution in [0.15, 0.2) is 36.4 Å². The molecule has 33 heavy (non-hydrogen) atoms. The Labute approximate surface area is 212 Å². The fourth-order valence-corrected chi connectivity index (χ4v) is 3.65. The van der Waals surface area contributed by atoms with Crippen LogP contribution in [0, 0.1) is 13.8 Å². The molecule has 2 rings (SSSR count). The Morgan fingerprint density at radius 1 is 0.636 bits per heavy atom. The summed E-state index contributed by atoms with van der Waals surface area (Å²) in [5.41, 5.74) is 5.08. The third-order valence-electron chi connectivity index (χ3n) is 4.19. The first-order valence-corrected chi connectivity index (χ1v) is 12.8. The maximum absolute atomic E-state index is 9.53. The van der Waals surface area contributed by atoms with Crippen LogP contribution in [0.3, 0.4) is 0 Å². The van der Waals surface area contributed by atoms with Crippen LogP contribution in [0.5, 0.6) is 11.5 Å². The zero-order chi connectivity index (χ0) is 26.0. The Bertz CT molecular complexity index is 756. The molecule has 0 aliphatic rings. The standard InChI is InChI=1S/2C11H16O.2C3H7O.Ti/c2*1-8-5-6-10(12)9(7-8)11(2,3)4;2*1-3(2)4;/h2*5-7,12H,1-4H3;2*3H,1-2H3;/q;;2*-1;+4/p-2. The van der Waals surface area contributed by atoms with Crippen molar-refractivity contribution in [3.05, 3.63) is 58.7 Å². The van der Waals surface area contributed by atoms with Gasteiger partial charge in [-0.05, 0) is 0 Å². The van der Waals surface area contributed by atoms with E-state index in [9.17, 15) is 10.2 Å². The zero-order valence-corrected chi connectivity index (χ0v) is 24.3. The Morgan fingerprint density at radius 2 is 0.909 bits per heavy atom. The predicted octanol–water partition coefficient (Wildman–Crippen LogP) is 5.78. The quantitative estimate of drug-likeness (QED) is 0.508. The van der Waals surface area contributed by atoms with Crippen molar-refractivity contribution in [3.8, 4) is 11.5 Å². The van der Waals surface area contributed by atoms with E-state index < -0.39 is 32.1 Å². The van der Waals surface area contributed by atoms with Gasteiger partial charge < -0.3 is 10.2 Å². The van der Waals surface area contributed by atoms with E-state index in [1.54, 1.807) is 27.7 Å². The van der Waals surface area contributed by atoms with Crippen LogP contribution in [0.1, 0.15) is 91.5 Å². The fourth-order valence-electron chi connectivity index (χ4n) is 2.75. The molecule has 0 unspecified atom stereocenters. The first kappa shape index (κ1) is 31.7. The van der Waals surface area contributed by atoms with Crippen molar-refractivity contribution in [2.45, 2.75) is 106 Å². The van der Waals surface area contributed by atoms with E-state index in [1.165, 1.54) is 22.3 Å². The van der Waals surface area contributed by atoms with Gasteiger partial charge in [0.15, 0.2) is 0 Å². The molecule has 0 aliphatic heterocycles. The minimum absolute atomic E-state index is 0.0495. The van der Waals surface area contributed by atoms with Crippen LogP contribution >= 0.6 is 0 Å². The molecule has 4 nitrogen and oxygen atoms in total. The van der Waals surface area contributed by atoms with Crippen molar-refractivity contribution in [1.29, 1.82) is 0 Å². The van der Waals surface area contributed by atoms with Crippen LogP contribution in [0.25, 0.3) is 0 Å². The molecule has 0 saturated carbocycles. The summed E-state index contributed by atoms with van der Waals surface area (Å²) in [4.78, 5) is 0. The maximum atomic E-state index is 9.53. The van der Waals surface area contributed by atoms with Crippen molar-refractivity contribution in [2.24, 2.45) is 0 Å². The van der Waals surface area contributed by atoms with E-state index in [-0.39, 0.29) is 10.8 Å². The molecule has 0 bridgehead atoms. The van der Waals surface area contributed by atoms with Crippen molar-refractivity contribution in [2.75, 3.05) is 0 Å². The van der Waals surface area contributed by atoms with E-state index in [4.69, 9.17) is 6.64 Å². The van der Waals surface area contributed by atoms with Crippen LogP contribution in [0.2, 0.25) is 0 Å². The molecule has 0 radical (unpaired) electrons. The van der Waals surface area contributed by atoms with E-state index in [1.807, 2.05) is 0 Å². The van der Waals surface area contributed by atoms with Gasteiger partial charge in [-0.15, -0.1) is 12.2 Å². The van der Waals surface area contributed by atoms with E-state index >= 15 is 0 Å². The van der Waals surface area contributed by atoms with E-state index in [0.717, 1.165) is 11.5 Å². The van der Waals surface area contributed by atoms with E-state index in [0.29, 0.717) is 0 Å². The molecular weight excluding hydrogens is 448 g/mol. The summed E-state index contributed by atoms with van der Waals surface area (Å²) in [6, 6.07) is 12.8. The molecule has 0 aromatic heterocycles. The zero-order valence-electron chi connectivity index (χ0n) is 22.8. The first-order chi connectivity index (χ1) is 14.9. The molecular formula is C28H44O4Ti. The number of rotatable bonds is 4. The molecule has 2 aromatic rings. The van der Waals surface area contributed by atoms with Crippen LogP contribution in [0.4, 0.5) is 0 Å². The van der Waals surface area contributed by atoms with Gasteiger partial charge in [0.1, 0.15) is 0 Å². The molecule has 0 spiro atoms. The van der Waals surface area contributed by atoms with Gasteiger partial charge in [0.05, 0.1) is 0 Å².